The number of hydrogen-bond donors (Lipinski definition) is 2. The third kappa shape index (κ3) is 3.58. The summed E-state index contributed by atoms with van der Waals surface area (Å²) in [6, 6.07) is 8.53. The van der Waals surface area contributed by atoms with Crippen molar-refractivity contribution in [2.45, 2.75) is 32.9 Å². The fraction of sp³-hybridized carbons (Fsp3) is 0.294. The van der Waals surface area contributed by atoms with Crippen molar-refractivity contribution in [2.75, 3.05) is 0 Å². The van der Waals surface area contributed by atoms with E-state index in [0.717, 1.165) is 17.2 Å². The van der Waals surface area contributed by atoms with Crippen LogP contribution in [0.4, 0.5) is 8.78 Å². The number of aryl methyl sites for hydroxylation is 1. The highest BCUT2D eigenvalue weighted by molar-refractivity contribution is 5.38. The Morgan fingerprint density at radius 2 is 1.57 bits per heavy atom. The van der Waals surface area contributed by atoms with Gasteiger partial charge in [0.25, 0.3) is 0 Å². The van der Waals surface area contributed by atoms with Crippen molar-refractivity contribution in [3.63, 3.8) is 0 Å². The molecule has 4 heteroatoms. The molecule has 0 saturated carbocycles. The third-order valence-corrected chi connectivity index (χ3v) is 3.58. The van der Waals surface area contributed by atoms with Crippen molar-refractivity contribution in [1.82, 2.24) is 5.32 Å². The van der Waals surface area contributed by atoms with Crippen LogP contribution in [0.1, 0.15) is 42.6 Å². The summed E-state index contributed by atoms with van der Waals surface area (Å²) in [5.74, 6) is -0.954. The van der Waals surface area contributed by atoms with Crippen molar-refractivity contribution in [1.29, 1.82) is 0 Å². The molecule has 21 heavy (non-hydrogen) atoms. The highest BCUT2D eigenvalue weighted by Gasteiger charge is 2.17. The van der Waals surface area contributed by atoms with Crippen LogP contribution in [0.5, 0.6) is 5.75 Å². The molecule has 112 valence electrons. The Morgan fingerprint density at radius 1 is 0.952 bits per heavy atom. The van der Waals surface area contributed by atoms with E-state index in [-0.39, 0.29) is 17.8 Å². The van der Waals surface area contributed by atoms with Crippen LogP contribution in [-0.2, 0) is 0 Å². The minimum absolute atomic E-state index is 0.162. The second kappa shape index (κ2) is 6.22. The van der Waals surface area contributed by atoms with Crippen molar-refractivity contribution < 1.29 is 13.9 Å². The molecule has 0 radical (unpaired) electrons. The van der Waals surface area contributed by atoms with Gasteiger partial charge in [-0.15, -0.1) is 0 Å². The van der Waals surface area contributed by atoms with Crippen LogP contribution in [-0.4, -0.2) is 5.11 Å². The zero-order valence-electron chi connectivity index (χ0n) is 12.3. The first-order valence-corrected chi connectivity index (χ1v) is 6.89. The van der Waals surface area contributed by atoms with Crippen molar-refractivity contribution in [3.8, 4) is 5.75 Å². The Kier molecular flexibility index (Phi) is 4.58. The van der Waals surface area contributed by atoms with E-state index in [0.29, 0.717) is 5.56 Å². The number of hydrogen-bond acceptors (Lipinski definition) is 2. The molecule has 2 N–H and O–H groups in total. The van der Waals surface area contributed by atoms with Gasteiger partial charge in [-0.2, -0.15) is 0 Å². The van der Waals surface area contributed by atoms with Gasteiger partial charge in [0, 0.05) is 29.3 Å². The topological polar surface area (TPSA) is 32.3 Å². The van der Waals surface area contributed by atoms with Gasteiger partial charge in [-0.3, -0.25) is 0 Å². The summed E-state index contributed by atoms with van der Waals surface area (Å²) in [6.45, 7) is 5.60. The second-order valence-corrected chi connectivity index (χ2v) is 5.34. The normalized spacial score (nSPS) is 14.0. The predicted octanol–water partition coefficient (Wildman–Crippen LogP) is 4.39. The number of phenols is 1. The lowest BCUT2D eigenvalue weighted by Gasteiger charge is -2.22. The van der Waals surface area contributed by atoms with Gasteiger partial charge in [-0.05, 0) is 38.5 Å². The maximum atomic E-state index is 13.8. The van der Waals surface area contributed by atoms with Gasteiger partial charge >= 0.3 is 0 Å². The van der Waals surface area contributed by atoms with Crippen LogP contribution in [0.25, 0.3) is 0 Å². The average molecular weight is 291 g/mol. The van der Waals surface area contributed by atoms with E-state index in [1.54, 1.807) is 13.0 Å². The van der Waals surface area contributed by atoms with E-state index >= 15 is 0 Å². The summed E-state index contributed by atoms with van der Waals surface area (Å²) in [6.07, 6.45) is 0. The van der Waals surface area contributed by atoms with Gasteiger partial charge in [0.1, 0.15) is 17.4 Å². The molecule has 0 spiro atoms. The van der Waals surface area contributed by atoms with Gasteiger partial charge in [-0.25, -0.2) is 8.78 Å². The molecule has 2 aromatic carbocycles. The molecule has 2 rings (SSSR count). The molecule has 0 aliphatic rings. The molecule has 0 heterocycles. The van der Waals surface area contributed by atoms with E-state index in [9.17, 15) is 13.9 Å². The summed E-state index contributed by atoms with van der Waals surface area (Å²) >= 11 is 0. The zero-order chi connectivity index (χ0) is 15.6. The van der Waals surface area contributed by atoms with Crippen LogP contribution in [0.3, 0.4) is 0 Å². The molecule has 2 atom stereocenters. The van der Waals surface area contributed by atoms with Crippen LogP contribution < -0.4 is 5.32 Å². The van der Waals surface area contributed by atoms with Gasteiger partial charge in [0.05, 0.1) is 0 Å². The molecule has 0 amide bonds. The number of nitrogens with one attached hydrogen (secondary N) is 1. The average Bonchev–Trinajstić information content (AvgIpc) is 2.37. The number of aromatic hydroxyl groups is 1. The number of rotatable bonds is 4. The maximum Gasteiger partial charge on any atom is 0.130 e. The summed E-state index contributed by atoms with van der Waals surface area (Å²) in [5, 5.41) is 13.2. The van der Waals surface area contributed by atoms with Crippen LogP contribution in [0, 0.1) is 18.6 Å². The predicted molar refractivity (Wildman–Crippen MR) is 79.2 cm³/mol. The Hall–Kier alpha value is -1.94. The van der Waals surface area contributed by atoms with Crippen molar-refractivity contribution >= 4 is 0 Å². The smallest absolute Gasteiger partial charge is 0.130 e. The molecular weight excluding hydrogens is 272 g/mol. The largest absolute Gasteiger partial charge is 0.508 e. The van der Waals surface area contributed by atoms with Crippen molar-refractivity contribution in [3.05, 3.63) is 64.7 Å². The molecule has 0 aliphatic carbocycles. The first kappa shape index (κ1) is 15.4. The van der Waals surface area contributed by atoms with Gasteiger partial charge in [-0.1, -0.05) is 18.2 Å². The zero-order valence-corrected chi connectivity index (χ0v) is 12.3. The van der Waals surface area contributed by atoms with E-state index in [1.807, 2.05) is 26.0 Å². The monoisotopic (exact) mass is 291 g/mol. The molecular formula is C17H19F2NO. The molecule has 2 nitrogen and oxygen atoms in total. The summed E-state index contributed by atoms with van der Waals surface area (Å²) < 4.78 is 26.7. The molecule has 2 aromatic rings. The minimum atomic E-state index is -0.590. The highest BCUT2D eigenvalue weighted by atomic mass is 19.1. The molecule has 0 aromatic heterocycles. The maximum absolute atomic E-state index is 13.8. The Morgan fingerprint density at radius 3 is 2.19 bits per heavy atom. The van der Waals surface area contributed by atoms with Crippen molar-refractivity contribution in [2.24, 2.45) is 0 Å². The Balaban J connectivity index is 2.16. The molecule has 0 saturated heterocycles. The number of benzene rings is 2. The molecule has 2 unspecified atom stereocenters. The lowest BCUT2D eigenvalue weighted by Crippen LogP contribution is -2.23. The van der Waals surface area contributed by atoms with E-state index < -0.39 is 11.6 Å². The van der Waals surface area contributed by atoms with E-state index in [4.69, 9.17) is 0 Å². The standard InChI is InChI=1S/C17H19F2NO/c1-10-4-6-15(17(21)8-10)12(3)20-11(2)14-7-5-13(18)9-16(14)19/h4-9,11-12,20-21H,1-3H3. The van der Waals surface area contributed by atoms with Gasteiger partial charge in [0.2, 0.25) is 0 Å². The minimum Gasteiger partial charge on any atom is -0.508 e. The lowest BCUT2D eigenvalue weighted by molar-refractivity contribution is 0.432. The SMILES string of the molecule is Cc1ccc(C(C)NC(C)c2ccc(F)cc2F)c(O)c1. The summed E-state index contributed by atoms with van der Waals surface area (Å²) in [7, 11) is 0. The quantitative estimate of drug-likeness (QED) is 0.875. The summed E-state index contributed by atoms with van der Waals surface area (Å²) in [5.41, 5.74) is 2.12. The van der Waals surface area contributed by atoms with Gasteiger partial charge in [0.15, 0.2) is 0 Å². The van der Waals surface area contributed by atoms with E-state index in [2.05, 4.69) is 5.32 Å². The van der Waals surface area contributed by atoms with E-state index in [1.165, 1.54) is 12.1 Å². The van der Waals surface area contributed by atoms with Crippen LogP contribution in [0.15, 0.2) is 36.4 Å². The fourth-order valence-electron chi connectivity index (χ4n) is 2.43. The lowest BCUT2D eigenvalue weighted by atomic mass is 10.0. The highest BCUT2D eigenvalue weighted by Crippen LogP contribution is 2.28. The number of halogens is 2. The first-order valence-electron chi connectivity index (χ1n) is 6.89. The Labute approximate surface area is 123 Å². The summed E-state index contributed by atoms with van der Waals surface area (Å²) in [4.78, 5) is 0. The molecule has 0 fully saturated rings. The third-order valence-electron chi connectivity index (χ3n) is 3.58. The molecule has 0 aliphatic heterocycles. The van der Waals surface area contributed by atoms with Gasteiger partial charge < -0.3 is 10.4 Å². The Bertz CT molecular complexity index is 587. The van der Waals surface area contributed by atoms with Crippen LogP contribution in [0.2, 0.25) is 0 Å². The fourth-order valence-corrected chi connectivity index (χ4v) is 2.43. The van der Waals surface area contributed by atoms with Crippen LogP contribution >= 0.6 is 0 Å². The first-order chi connectivity index (χ1) is 9.88. The molecule has 0 bridgehead atoms. The second-order valence-electron chi connectivity index (χ2n) is 5.34. The number of phenolic OH excluding ortho intramolecular Hbond substituents is 1.